The molecule has 1 amide bonds. The fourth-order valence-electron chi connectivity index (χ4n) is 1.73. The lowest BCUT2D eigenvalue weighted by atomic mass is 9.91. The van der Waals surface area contributed by atoms with Crippen molar-refractivity contribution in [3.8, 4) is 0 Å². The van der Waals surface area contributed by atoms with Crippen molar-refractivity contribution >= 4 is 5.91 Å². The van der Waals surface area contributed by atoms with Gasteiger partial charge in [0.25, 0.3) is 0 Å². The Balaban J connectivity index is 2.65. The summed E-state index contributed by atoms with van der Waals surface area (Å²) in [5.41, 5.74) is 5.54. The van der Waals surface area contributed by atoms with Crippen LogP contribution >= 0.6 is 0 Å². The molecule has 3 N–H and O–H groups in total. The van der Waals surface area contributed by atoms with Crippen LogP contribution in [0.15, 0.2) is 0 Å². The van der Waals surface area contributed by atoms with Crippen molar-refractivity contribution in [3.05, 3.63) is 0 Å². The third-order valence-corrected chi connectivity index (χ3v) is 2.78. The van der Waals surface area contributed by atoms with Crippen LogP contribution in [0.1, 0.15) is 25.7 Å². The van der Waals surface area contributed by atoms with Crippen molar-refractivity contribution in [3.63, 3.8) is 0 Å². The number of amides is 1. The summed E-state index contributed by atoms with van der Waals surface area (Å²) in [6.45, 7) is 0. The second-order valence-electron chi connectivity index (χ2n) is 4.10. The topological polar surface area (TPSA) is 55.1 Å². The van der Waals surface area contributed by atoms with Gasteiger partial charge in [-0.2, -0.15) is 22.0 Å². The van der Waals surface area contributed by atoms with Crippen molar-refractivity contribution in [1.82, 2.24) is 5.32 Å². The third kappa shape index (κ3) is 3.05. The van der Waals surface area contributed by atoms with Gasteiger partial charge in [0.05, 0.1) is 0 Å². The van der Waals surface area contributed by atoms with Crippen molar-refractivity contribution in [1.29, 1.82) is 0 Å². The van der Waals surface area contributed by atoms with E-state index in [0.29, 0.717) is 19.3 Å². The number of nitrogens with two attached hydrogens (primary N) is 1. The summed E-state index contributed by atoms with van der Waals surface area (Å²) in [6, 6.07) is -1.39. The summed E-state index contributed by atoms with van der Waals surface area (Å²) in [6.07, 6.45) is -3.63. The zero-order chi connectivity index (χ0) is 13.3. The highest BCUT2D eigenvalue weighted by molar-refractivity contribution is 5.84. The second-order valence-corrected chi connectivity index (χ2v) is 4.10. The van der Waals surface area contributed by atoms with E-state index < -0.39 is 30.1 Å². The first-order valence-corrected chi connectivity index (χ1v) is 5.17. The minimum Gasteiger partial charge on any atom is -0.346 e. The van der Waals surface area contributed by atoms with Crippen LogP contribution in [0.3, 0.4) is 0 Å². The molecule has 100 valence electrons. The van der Waals surface area contributed by atoms with E-state index in [2.05, 4.69) is 0 Å². The Morgan fingerprint density at radius 2 is 1.65 bits per heavy atom. The zero-order valence-electron chi connectivity index (χ0n) is 8.86. The van der Waals surface area contributed by atoms with E-state index in [4.69, 9.17) is 5.73 Å². The Kier molecular flexibility index (Phi) is 3.95. The average Bonchev–Trinajstić information content (AvgIpc) is 2.19. The van der Waals surface area contributed by atoms with Gasteiger partial charge in [0.2, 0.25) is 0 Å². The predicted molar refractivity (Wildman–Crippen MR) is 49.4 cm³/mol. The lowest BCUT2D eigenvalue weighted by molar-refractivity contribution is -0.270. The Bertz CT molecular complexity index is 292. The Morgan fingerprint density at radius 1 is 1.12 bits per heavy atom. The van der Waals surface area contributed by atoms with E-state index in [1.165, 1.54) is 0 Å². The van der Waals surface area contributed by atoms with E-state index in [9.17, 15) is 26.7 Å². The highest BCUT2D eigenvalue weighted by atomic mass is 19.4. The van der Waals surface area contributed by atoms with Gasteiger partial charge in [-0.3, -0.25) is 4.79 Å². The van der Waals surface area contributed by atoms with Crippen LogP contribution in [0.4, 0.5) is 22.0 Å². The van der Waals surface area contributed by atoms with Crippen LogP contribution in [0.2, 0.25) is 0 Å². The van der Waals surface area contributed by atoms with Gasteiger partial charge in [-0.15, -0.1) is 0 Å². The number of rotatable bonds is 2. The fraction of sp³-hybridized carbons (Fsp3) is 0.889. The molecule has 0 saturated heterocycles. The molecule has 2 atom stereocenters. The molecule has 17 heavy (non-hydrogen) atoms. The number of nitrogens with one attached hydrogen (secondary N) is 1. The Labute approximate surface area is 94.5 Å². The van der Waals surface area contributed by atoms with Crippen molar-refractivity contribution in [2.75, 3.05) is 0 Å². The van der Waals surface area contributed by atoms with Crippen LogP contribution < -0.4 is 11.1 Å². The lowest BCUT2D eigenvalue weighted by Crippen LogP contribution is -2.57. The molecule has 0 radical (unpaired) electrons. The van der Waals surface area contributed by atoms with Gasteiger partial charge in [-0.05, 0) is 12.8 Å². The van der Waals surface area contributed by atoms with Crippen LogP contribution in [-0.2, 0) is 4.79 Å². The summed E-state index contributed by atoms with van der Waals surface area (Å²) in [5, 5.41) is 1.68. The van der Waals surface area contributed by atoms with E-state index in [-0.39, 0.29) is 0 Å². The molecule has 0 aromatic carbocycles. The molecule has 2 unspecified atom stereocenters. The smallest absolute Gasteiger partial charge is 0.346 e. The molecule has 8 heteroatoms. The molecular formula is C9H13F5N2O. The van der Waals surface area contributed by atoms with E-state index in [1.54, 1.807) is 5.32 Å². The van der Waals surface area contributed by atoms with Gasteiger partial charge in [0.15, 0.2) is 0 Å². The van der Waals surface area contributed by atoms with Gasteiger partial charge >= 0.3 is 18.0 Å². The molecule has 1 aliphatic carbocycles. The van der Waals surface area contributed by atoms with E-state index in [1.807, 2.05) is 0 Å². The number of hydrogen-bond donors (Lipinski definition) is 2. The maximum atomic E-state index is 12.6. The first kappa shape index (κ1) is 14.1. The molecule has 0 bridgehead atoms. The molecule has 0 aromatic rings. The summed E-state index contributed by atoms with van der Waals surface area (Å²) in [5.74, 6) is -7.70. The fourth-order valence-corrected chi connectivity index (χ4v) is 1.73. The molecule has 1 fully saturated rings. The lowest BCUT2D eigenvalue weighted by Gasteiger charge is -2.30. The molecule has 1 aliphatic rings. The molecule has 0 spiro atoms. The largest absolute Gasteiger partial charge is 0.463 e. The molecule has 0 aromatic heterocycles. The molecule has 0 heterocycles. The van der Waals surface area contributed by atoms with Crippen LogP contribution in [-0.4, -0.2) is 30.1 Å². The summed E-state index contributed by atoms with van der Waals surface area (Å²) in [4.78, 5) is 10.9. The van der Waals surface area contributed by atoms with Gasteiger partial charge in [-0.25, -0.2) is 0 Å². The monoisotopic (exact) mass is 260 g/mol. The van der Waals surface area contributed by atoms with Crippen molar-refractivity contribution in [2.24, 2.45) is 5.73 Å². The molecule has 0 aliphatic heterocycles. The Hall–Kier alpha value is -0.920. The first-order valence-electron chi connectivity index (χ1n) is 5.17. The summed E-state index contributed by atoms with van der Waals surface area (Å²) >= 11 is 0. The second kappa shape index (κ2) is 4.75. The van der Waals surface area contributed by atoms with Crippen LogP contribution in [0.25, 0.3) is 0 Å². The van der Waals surface area contributed by atoms with Gasteiger partial charge in [0.1, 0.15) is 0 Å². The normalized spacial score (nSPS) is 26.7. The molecule has 3 nitrogen and oxygen atoms in total. The average molecular weight is 260 g/mol. The van der Waals surface area contributed by atoms with Gasteiger partial charge in [-0.1, -0.05) is 12.8 Å². The van der Waals surface area contributed by atoms with Crippen molar-refractivity contribution < 1.29 is 26.7 Å². The quantitative estimate of drug-likeness (QED) is 0.740. The number of carbonyl (C=O) groups excluding carboxylic acids is 1. The van der Waals surface area contributed by atoms with E-state index >= 15 is 0 Å². The minimum absolute atomic E-state index is 0.320. The number of carbonyl (C=O) groups is 1. The molecular weight excluding hydrogens is 247 g/mol. The zero-order valence-corrected chi connectivity index (χ0v) is 8.86. The summed E-state index contributed by atoms with van der Waals surface area (Å²) < 4.78 is 60.9. The number of halogens is 5. The van der Waals surface area contributed by atoms with Crippen molar-refractivity contribution in [2.45, 2.75) is 49.9 Å². The van der Waals surface area contributed by atoms with Gasteiger partial charge in [0, 0.05) is 12.1 Å². The highest BCUT2D eigenvalue weighted by Crippen LogP contribution is 2.35. The SMILES string of the molecule is NC1CCCCC1NC(=O)C(F)(F)C(F)(F)F. The maximum absolute atomic E-state index is 12.6. The van der Waals surface area contributed by atoms with Crippen LogP contribution in [0, 0.1) is 0 Å². The van der Waals surface area contributed by atoms with E-state index in [0.717, 1.165) is 6.42 Å². The number of hydrogen-bond acceptors (Lipinski definition) is 2. The Morgan fingerprint density at radius 3 is 2.12 bits per heavy atom. The predicted octanol–water partition coefficient (Wildman–Crippen LogP) is 1.57. The first-order chi connectivity index (χ1) is 7.66. The maximum Gasteiger partial charge on any atom is 0.463 e. The van der Waals surface area contributed by atoms with Crippen LogP contribution in [0.5, 0.6) is 0 Å². The minimum atomic E-state index is -5.88. The standard InChI is InChI=1S/C9H13F5N2O/c10-8(11,9(12,13)14)7(17)16-6-4-2-1-3-5(6)15/h5-6H,1-4,15H2,(H,16,17). The van der Waals surface area contributed by atoms with Gasteiger partial charge < -0.3 is 11.1 Å². The molecule has 1 saturated carbocycles. The molecule has 1 rings (SSSR count). The third-order valence-electron chi connectivity index (χ3n) is 2.78. The highest BCUT2D eigenvalue weighted by Gasteiger charge is 2.63. The number of alkyl halides is 5. The summed E-state index contributed by atoms with van der Waals surface area (Å²) in [7, 11) is 0.